The van der Waals surface area contributed by atoms with E-state index in [-0.39, 0.29) is 5.78 Å². The topological polar surface area (TPSA) is 57.0 Å². The van der Waals surface area contributed by atoms with E-state index < -0.39 is 0 Å². The van der Waals surface area contributed by atoms with Gasteiger partial charge in [-0.2, -0.15) is 5.26 Å². The number of Topliss-reactive ketones (excluding diaryl/α,β-unsaturated/α-hetero) is 1. The molecule has 4 heteroatoms. The summed E-state index contributed by atoms with van der Waals surface area (Å²) >= 11 is 0. The molecule has 0 amide bonds. The first kappa shape index (κ1) is 25.6. The predicted octanol–water partition coefficient (Wildman–Crippen LogP) is 6.26. The zero-order valence-electron chi connectivity index (χ0n) is 18.9. The number of allylic oxidation sites excluding steroid dienone is 2. The molecular weight excluding hydrogens is 346 g/mol. The molecule has 1 aromatic rings. The summed E-state index contributed by atoms with van der Waals surface area (Å²) in [4.78, 5) is 18.7. The lowest BCUT2D eigenvalue weighted by atomic mass is 9.85. The van der Waals surface area contributed by atoms with E-state index >= 15 is 0 Å². The molecule has 0 spiro atoms. The summed E-state index contributed by atoms with van der Waals surface area (Å²) in [6, 6.07) is 2.11. The van der Waals surface area contributed by atoms with E-state index in [1.165, 1.54) is 6.42 Å². The molecular formula is C24H37N3O. The first-order chi connectivity index (χ1) is 13.1. The zero-order valence-corrected chi connectivity index (χ0v) is 18.9. The van der Waals surface area contributed by atoms with Gasteiger partial charge < -0.3 is 4.90 Å². The largest absolute Gasteiger partial charge is 0.356 e. The molecule has 0 unspecified atom stereocenters. The normalized spacial score (nSPS) is 14.9. The molecule has 1 fully saturated rings. The first-order valence-corrected chi connectivity index (χ1v) is 10.1. The van der Waals surface area contributed by atoms with Crippen LogP contribution in [0.4, 0.5) is 5.82 Å². The smallest absolute Gasteiger partial charge is 0.163 e. The second kappa shape index (κ2) is 12.1. The van der Waals surface area contributed by atoms with E-state index in [1.807, 2.05) is 27.7 Å². The van der Waals surface area contributed by atoms with Crippen molar-refractivity contribution in [2.45, 2.75) is 67.7 Å². The summed E-state index contributed by atoms with van der Waals surface area (Å²) in [6.45, 7) is 22.7. The Labute approximate surface area is 172 Å². The van der Waals surface area contributed by atoms with Crippen molar-refractivity contribution in [1.82, 2.24) is 4.98 Å². The van der Waals surface area contributed by atoms with E-state index in [1.54, 1.807) is 19.2 Å². The Morgan fingerprint density at radius 2 is 1.86 bits per heavy atom. The molecule has 1 aliphatic heterocycles. The number of rotatable bonds is 3. The number of pyridine rings is 1. The van der Waals surface area contributed by atoms with Crippen LogP contribution in [0.2, 0.25) is 0 Å². The molecule has 154 valence electrons. The molecule has 0 aromatic carbocycles. The molecule has 0 N–H and O–H groups in total. The number of anilines is 1. The molecule has 1 aromatic heterocycles. The van der Waals surface area contributed by atoms with Crippen molar-refractivity contribution >= 4 is 11.6 Å². The second-order valence-corrected chi connectivity index (χ2v) is 7.72. The van der Waals surface area contributed by atoms with Crippen molar-refractivity contribution in [2.75, 3.05) is 18.0 Å². The lowest BCUT2D eigenvalue weighted by Crippen LogP contribution is -2.28. The summed E-state index contributed by atoms with van der Waals surface area (Å²) in [6.07, 6.45) is 6.69. The number of aromatic nitrogens is 1. The number of ketones is 1. The Morgan fingerprint density at radius 3 is 2.32 bits per heavy atom. The molecule has 0 radical (unpaired) electrons. The minimum atomic E-state index is -0.0180. The fraction of sp³-hybridized carbons (Fsp3) is 0.542. The van der Waals surface area contributed by atoms with Crippen molar-refractivity contribution in [3.63, 3.8) is 0 Å². The molecule has 0 aliphatic carbocycles. The Kier molecular flexibility index (Phi) is 11.1. The highest BCUT2D eigenvalue weighted by atomic mass is 16.1. The van der Waals surface area contributed by atoms with Crippen LogP contribution in [0.3, 0.4) is 0 Å². The van der Waals surface area contributed by atoms with Crippen LogP contribution in [0.15, 0.2) is 31.0 Å². The molecule has 0 saturated carbocycles. The van der Waals surface area contributed by atoms with Crippen molar-refractivity contribution in [2.24, 2.45) is 5.41 Å². The van der Waals surface area contributed by atoms with Crippen LogP contribution in [-0.2, 0) is 0 Å². The maximum atomic E-state index is 12.0. The van der Waals surface area contributed by atoms with Crippen LogP contribution in [-0.4, -0.2) is 23.9 Å². The third-order valence-corrected chi connectivity index (χ3v) is 4.78. The Bertz CT molecular complexity index is 726. The van der Waals surface area contributed by atoms with Crippen molar-refractivity contribution in [3.05, 3.63) is 47.7 Å². The molecule has 0 atom stereocenters. The average molecular weight is 384 g/mol. The van der Waals surface area contributed by atoms with Crippen LogP contribution >= 0.6 is 0 Å². The molecule has 0 bridgehead atoms. The highest BCUT2D eigenvalue weighted by molar-refractivity contribution is 6.00. The van der Waals surface area contributed by atoms with Crippen LogP contribution in [0.25, 0.3) is 0 Å². The van der Waals surface area contributed by atoms with E-state index in [2.05, 4.69) is 43.0 Å². The molecule has 1 saturated heterocycles. The number of nitriles is 1. The first-order valence-electron chi connectivity index (χ1n) is 10.1. The van der Waals surface area contributed by atoms with Crippen molar-refractivity contribution in [3.8, 4) is 6.07 Å². The average Bonchev–Trinajstić information content (AvgIpc) is 2.83. The quantitative estimate of drug-likeness (QED) is 0.457. The van der Waals surface area contributed by atoms with Gasteiger partial charge in [0.1, 0.15) is 11.9 Å². The fourth-order valence-corrected chi connectivity index (χ4v) is 3.00. The number of nitrogens with zero attached hydrogens (tertiary/aromatic N) is 3. The van der Waals surface area contributed by atoms with Crippen LogP contribution in [0, 0.1) is 23.7 Å². The summed E-state index contributed by atoms with van der Waals surface area (Å²) < 4.78 is 0. The van der Waals surface area contributed by atoms with Gasteiger partial charge in [-0.05, 0) is 51.0 Å². The highest BCUT2D eigenvalue weighted by Gasteiger charge is 2.26. The van der Waals surface area contributed by atoms with Crippen LogP contribution < -0.4 is 4.90 Å². The fourth-order valence-electron chi connectivity index (χ4n) is 3.00. The molecule has 2 rings (SSSR count). The number of carbonyl (C=O) groups excluding carboxylic acids is 1. The summed E-state index contributed by atoms with van der Waals surface area (Å²) in [5.41, 5.74) is 3.20. The molecule has 4 nitrogen and oxygen atoms in total. The number of hydrogen-bond acceptors (Lipinski definition) is 4. The van der Waals surface area contributed by atoms with Gasteiger partial charge in [0, 0.05) is 19.3 Å². The molecule has 28 heavy (non-hydrogen) atoms. The van der Waals surface area contributed by atoms with Gasteiger partial charge in [-0.25, -0.2) is 4.98 Å². The minimum absolute atomic E-state index is 0.0180. The standard InChI is InChI=1S/C17H23N3O.C5H8.C2H6/c1-12-14(10-18)11-19-16(15(12)13(2)21)20-8-5-6-17(3,4)7-9-20;1-4-5(2)3;1-2/h11H,5-9H2,1-4H3;4H,1-2H2,3H3;1-2H3. The van der Waals surface area contributed by atoms with Gasteiger partial charge in [-0.3, -0.25) is 4.79 Å². The third kappa shape index (κ3) is 7.68. The van der Waals surface area contributed by atoms with Crippen LogP contribution in [0.1, 0.15) is 82.3 Å². The molecule has 2 heterocycles. The second-order valence-electron chi connectivity index (χ2n) is 7.72. The highest BCUT2D eigenvalue weighted by Crippen LogP contribution is 2.33. The number of carbonyl (C=O) groups is 1. The van der Waals surface area contributed by atoms with Crippen LogP contribution in [0.5, 0.6) is 0 Å². The van der Waals surface area contributed by atoms with Gasteiger partial charge in [0.05, 0.1) is 11.1 Å². The van der Waals surface area contributed by atoms with E-state index in [0.29, 0.717) is 16.5 Å². The maximum Gasteiger partial charge on any atom is 0.163 e. The summed E-state index contributed by atoms with van der Waals surface area (Å²) in [5, 5.41) is 9.12. The van der Waals surface area contributed by atoms with Crippen molar-refractivity contribution < 1.29 is 4.79 Å². The third-order valence-electron chi connectivity index (χ3n) is 4.78. The zero-order chi connectivity index (χ0) is 21.9. The van der Waals surface area contributed by atoms with Gasteiger partial charge in [0.25, 0.3) is 0 Å². The van der Waals surface area contributed by atoms with E-state index in [9.17, 15) is 4.79 Å². The summed E-state index contributed by atoms with van der Waals surface area (Å²) in [7, 11) is 0. The Balaban J connectivity index is 0.000000906. The minimum Gasteiger partial charge on any atom is -0.356 e. The van der Waals surface area contributed by atoms with Crippen molar-refractivity contribution in [1.29, 1.82) is 5.26 Å². The van der Waals surface area contributed by atoms with Gasteiger partial charge in [-0.1, -0.05) is 52.5 Å². The van der Waals surface area contributed by atoms with Gasteiger partial charge in [0.2, 0.25) is 0 Å². The van der Waals surface area contributed by atoms with Gasteiger partial charge in [-0.15, -0.1) is 0 Å². The lowest BCUT2D eigenvalue weighted by molar-refractivity contribution is 0.101. The van der Waals surface area contributed by atoms with E-state index in [4.69, 9.17) is 5.26 Å². The SMILES string of the molecule is C=CC(=C)C.CC.CC(=O)c1c(N2CCCC(C)(C)CC2)ncc(C#N)c1C. The van der Waals surface area contributed by atoms with Gasteiger partial charge in [0.15, 0.2) is 5.78 Å². The van der Waals surface area contributed by atoms with E-state index in [0.717, 1.165) is 42.9 Å². The Morgan fingerprint density at radius 1 is 1.29 bits per heavy atom. The lowest BCUT2D eigenvalue weighted by Gasteiger charge is -2.26. The monoisotopic (exact) mass is 383 g/mol. The Hall–Kier alpha value is -2.41. The maximum absolute atomic E-state index is 12.0. The van der Waals surface area contributed by atoms with Gasteiger partial charge >= 0.3 is 0 Å². The number of hydrogen-bond donors (Lipinski definition) is 0. The molecule has 1 aliphatic rings. The summed E-state index contributed by atoms with van der Waals surface area (Å²) in [5.74, 6) is 0.729. The predicted molar refractivity (Wildman–Crippen MR) is 120 cm³/mol.